The van der Waals surface area contributed by atoms with Gasteiger partial charge in [0.15, 0.2) is 5.58 Å². The van der Waals surface area contributed by atoms with Crippen molar-refractivity contribution in [3.05, 3.63) is 82.7 Å². The van der Waals surface area contributed by atoms with E-state index < -0.39 is 5.91 Å². The van der Waals surface area contributed by atoms with Gasteiger partial charge in [0.05, 0.1) is 37.9 Å². The first-order valence-corrected chi connectivity index (χ1v) is 11.2. The highest BCUT2D eigenvalue weighted by molar-refractivity contribution is 6.06. The first-order valence-electron chi connectivity index (χ1n) is 11.2. The number of carbonyl (C=O) groups is 1. The molecule has 4 aromatic rings. The minimum atomic E-state index is -0.443. The Morgan fingerprint density at radius 1 is 1.11 bits per heavy atom. The van der Waals surface area contributed by atoms with Crippen LogP contribution in [0.5, 0.6) is 11.5 Å². The molecule has 0 aliphatic heterocycles. The number of fused-ring (bicyclic) bond motifs is 1. The number of aliphatic hydroxyl groups excluding tert-OH is 1. The van der Waals surface area contributed by atoms with Gasteiger partial charge in [0.25, 0.3) is 5.91 Å². The van der Waals surface area contributed by atoms with E-state index in [-0.39, 0.29) is 17.7 Å². The molecule has 8 nitrogen and oxygen atoms in total. The third kappa shape index (κ3) is 5.02. The van der Waals surface area contributed by atoms with Crippen molar-refractivity contribution in [2.45, 2.75) is 26.9 Å². The number of ether oxygens (including phenoxy) is 2. The Morgan fingerprint density at radius 2 is 1.89 bits per heavy atom. The summed E-state index contributed by atoms with van der Waals surface area (Å²) in [6.45, 7) is 3.63. The molecule has 2 aromatic carbocycles. The molecule has 0 saturated heterocycles. The fraction of sp³-hybridized carbons (Fsp3) is 0.222. The van der Waals surface area contributed by atoms with E-state index in [4.69, 9.17) is 13.9 Å². The molecule has 4 rings (SSSR count). The van der Waals surface area contributed by atoms with Crippen LogP contribution in [0.1, 0.15) is 34.1 Å². The topological polar surface area (TPSA) is 106 Å². The number of rotatable bonds is 7. The molecule has 1 amide bonds. The van der Waals surface area contributed by atoms with Gasteiger partial charge in [-0.15, -0.1) is 0 Å². The minimum absolute atomic E-state index is 0.131. The summed E-state index contributed by atoms with van der Waals surface area (Å²) in [6, 6.07) is 14.5. The third-order valence-corrected chi connectivity index (χ3v) is 5.70. The molecule has 0 aliphatic rings. The molecule has 2 heterocycles. The zero-order chi connectivity index (χ0) is 24.9. The summed E-state index contributed by atoms with van der Waals surface area (Å²) < 4.78 is 16.8. The van der Waals surface area contributed by atoms with Crippen LogP contribution in [-0.2, 0) is 13.0 Å². The molecule has 180 valence electrons. The molecule has 0 spiro atoms. The highest BCUT2D eigenvalue weighted by Gasteiger charge is 2.18. The van der Waals surface area contributed by atoms with E-state index in [0.717, 1.165) is 6.42 Å². The van der Waals surface area contributed by atoms with Gasteiger partial charge in [-0.1, -0.05) is 19.1 Å². The van der Waals surface area contributed by atoms with E-state index in [0.29, 0.717) is 45.1 Å². The summed E-state index contributed by atoms with van der Waals surface area (Å²) in [5.74, 6) is 0.601. The van der Waals surface area contributed by atoms with Crippen LogP contribution in [0.25, 0.3) is 11.0 Å². The van der Waals surface area contributed by atoms with Crippen molar-refractivity contribution in [3.63, 3.8) is 0 Å². The number of aliphatic hydroxyl groups is 1. The lowest BCUT2D eigenvalue weighted by atomic mass is 10.1. The van der Waals surface area contributed by atoms with Gasteiger partial charge in [0.2, 0.25) is 5.55 Å². The second-order valence-corrected chi connectivity index (χ2v) is 7.89. The van der Waals surface area contributed by atoms with E-state index in [1.54, 1.807) is 44.5 Å². The number of nitrogens with one attached hydrogen (secondary N) is 1. The first kappa shape index (κ1) is 24.0. The van der Waals surface area contributed by atoms with Crippen LogP contribution in [0.2, 0.25) is 0 Å². The highest BCUT2D eigenvalue weighted by atomic mass is 16.5. The second-order valence-electron chi connectivity index (χ2n) is 7.89. The Kier molecular flexibility index (Phi) is 7.12. The maximum Gasteiger partial charge on any atom is 0.261 e. The van der Waals surface area contributed by atoms with Gasteiger partial charge in [0.1, 0.15) is 17.1 Å². The summed E-state index contributed by atoms with van der Waals surface area (Å²) in [5, 5.41) is 13.3. The largest absolute Gasteiger partial charge is 0.497 e. The van der Waals surface area contributed by atoms with Crippen molar-refractivity contribution < 1.29 is 23.8 Å². The summed E-state index contributed by atoms with van der Waals surface area (Å²) in [5.41, 5.74) is 4.25. The van der Waals surface area contributed by atoms with Crippen molar-refractivity contribution in [1.82, 2.24) is 4.98 Å². The average molecular weight is 474 g/mol. The number of nitrogens with zero attached hydrogens (tertiary/aromatic N) is 2. The Morgan fingerprint density at radius 3 is 2.54 bits per heavy atom. The number of hydrogen-bond donors (Lipinski definition) is 2. The van der Waals surface area contributed by atoms with E-state index in [1.165, 1.54) is 12.7 Å². The normalized spacial score (nSPS) is 11.5. The lowest BCUT2D eigenvalue weighted by molar-refractivity contribution is 0.102. The number of anilines is 1. The molecule has 2 aromatic heterocycles. The van der Waals surface area contributed by atoms with Gasteiger partial charge in [-0.05, 0) is 49.2 Å². The highest BCUT2D eigenvalue weighted by Crippen LogP contribution is 2.30. The van der Waals surface area contributed by atoms with Crippen LogP contribution in [0.3, 0.4) is 0 Å². The zero-order valence-electron chi connectivity index (χ0n) is 20.1. The Labute approximate surface area is 202 Å². The minimum Gasteiger partial charge on any atom is -0.497 e. The lowest BCUT2D eigenvalue weighted by Gasteiger charge is -2.13. The predicted molar refractivity (Wildman–Crippen MR) is 133 cm³/mol. The van der Waals surface area contributed by atoms with E-state index in [1.807, 2.05) is 24.3 Å². The molecule has 0 unspecified atom stereocenters. The number of aryl methyl sites for hydroxylation is 2. The quantitative estimate of drug-likeness (QED) is 0.403. The monoisotopic (exact) mass is 473 g/mol. The van der Waals surface area contributed by atoms with E-state index in [2.05, 4.69) is 22.2 Å². The predicted octanol–water partition coefficient (Wildman–Crippen LogP) is 4.69. The standard InChI is InChI=1S/C27H27N3O5/c1-5-17-6-8-19(9-7-17)29-27-22(13-21-18(15-31)14-28-16(2)25(21)35-27)26(32)30-23-11-10-20(33-3)12-24(23)34-4/h6-14,31H,5,15H2,1-4H3,(H,30,32). The van der Waals surface area contributed by atoms with Crippen molar-refractivity contribution >= 4 is 28.3 Å². The van der Waals surface area contributed by atoms with Crippen LogP contribution in [0, 0.1) is 6.92 Å². The molecule has 0 radical (unpaired) electrons. The number of hydrogen-bond acceptors (Lipinski definition) is 7. The second kappa shape index (κ2) is 10.4. The molecular formula is C27H27N3O5. The van der Waals surface area contributed by atoms with Crippen molar-refractivity contribution in [2.24, 2.45) is 4.99 Å². The van der Waals surface area contributed by atoms with Crippen LogP contribution in [0.15, 0.2) is 64.1 Å². The number of amides is 1. The van der Waals surface area contributed by atoms with Crippen molar-refractivity contribution in [2.75, 3.05) is 19.5 Å². The fourth-order valence-electron chi connectivity index (χ4n) is 3.68. The molecule has 35 heavy (non-hydrogen) atoms. The first-order chi connectivity index (χ1) is 17.0. The number of aromatic nitrogens is 1. The Bertz CT molecular complexity index is 1440. The van der Waals surface area contributed by atoms with Gasteiger partial charge in [-0.25, -0.2) is 4.99 Å². The van der Waals surface area contributed by atoms with Gasteiger partial charge >= 0.3 is 0 Å². The zero-order valence-corrected chi connectivity index (χ0v) is 20.1. The molecule has 0 atom stereocenters. The smallest absolute Gasteiger partial charge is 0.261 e. The van der Waals surface area contributed by atoms with Crippen LogP contribution < -0.4 is 20.3 Å². The maximum absolute atomic E-state index is 13.5. The van der Waals surface area contributed by atoms with Crippen molar-refractivity contribution in [3.8, 4) is 11.5 Å². The van der Waals surface area contributed by atoms with Gasteiger partial charge in [0, 0.05) is 23.2 Å². The Hall–Kier alpha value is -4.17. The van der Waals surface area contributed by atoms with Crippen LogP contribution in [0.4, 0.5) is 11.4 Å². The number of methoxy groups -OCH3 is 2. The van der Waals surface area contributed by atoms with Gasteiger partial charge in [-0.2, -0.15) is 0 Å². The van der Waals surface area contributed by atoms with Gasteiger partial charge < -0.3 is 24.3 Å². The number of pyridine rings is 1. The average Bonchev–Trinajstić information content (AvgIpc) is 2.89. The molecule has 0 fully saturated rings. The summed E-state index contributed by atoms with van der Waals surface area (Å²) in [7, 11) is 3.07. The summed E-state index contributed by atoms with van der Waals surface area (Å²) in [6.07, 6.45) is 2.48. The molecule has 8 heteroatoms. The molecule has 0 aliphatic carbocycles. The molecular weight excluding hydrogens is 446 g/mol. The SMILES string of the molecule is CCc1ccc(N=c2oc3c(C)ncc(CO)c3cc2C(=O)Nc2ccc(OC)cc2OC)cc1. The lowest BCUT2D eigenvalue weighted by Crippen LogP contribution is -2.22. The molecule has 0 bridgehead atoms. The summed E-state index contributed by atoms with van der Waals surface area (Å²) in [4.78, 5) is 22.4. The molecule has 2 N–H and O–H groups in total. The van der Waals surface area contributed by atoms with E-state index in [9.17, 15) is 9.90 Å². The fourth-order valence-corrected chi connectivity index (χ4v) is 3.68. The maximum atomic E-state index is 13.5. The molecule has 0 saturated carbocycles. The number of carbonyl (C=O) groups excluding carboxylic acids is 1. The van der Waals surface area contributed by atoms with Crippen molar-refractivity contribution in [1.29, 1.82) is 0 Å². The van der Waals surface area contributed by atoms with Gasteiger partial charge in [-0.3, -0.25) is 9.78 Å². The van der Waals surface area contributed by atoms with E-state index >= 15 is 0 Å². The third-order valence-electron chi connectivity index (χ3n) is 5.70. The van der Waals surface area contributed by atoms with Crippen LogP contribution >= 0.6 is 0 Å². The summed E-state index contributed by atoms with van der Waals surface area (Å²) >= 11 is 0. The Balaban J connectivity index is 1.88. The number of benzene rings is 2. The van der Waals surface area contributed by atoms with Crippen LogP contribution in [-0.4, -0.2) is 30.2 Å².